The number of hydrogen-bond acceptors (Lipinski definition) is 7. The number of anilines is 1. The maximum absolute atomic E-state index is 13.4. The predicted octanol–water partition coefficient (Wildman–Crippen LogP) is 9.16. The number of piperidine rings is 1. The maximum atomic E-state index is 13.4. The molecular formula is C50H56N8O2. The summed E-state index contributed by atoms with van der Waals surface area (Å²) in [6, 6.07) is 25.6. The topological polar surface area (TPSA) is 121 Å². The number of benzene rings is 2. The monoisotopic (exact) mass is 800 g/mol. The van der Waals surface area contributed by atoms with Crippen molar-refractivity contribution in [2.24, 2.45) is 17.8 Å². The van der Waals surface area contributed by atoms with Gasteiger partial charge in [-0.25, -0.2) is 15.0 Å². The van der Waals surface area contributed by atoms with Crippen LogP contribution in [0.4, 0.5) is 5.82 Å². The zero-order chi connectivity index (χ0) is 40.8. The summed E-state index contributed by atoms with van der Waals surface area (Å²) in [5.41, 5.74) is 10.5. The molecule has 60 heavy (non-hydrogen) atoms. The number of H-pyrrole nitrogens is 1. The molecule has 2 fully saturated rings. The average Bonchev–Trinajstić information content (AvgIpc) is 4.14. The van der Waals surface area contributed by atoms with E-state index in [1.165, 1.54) is 39.0 Å². The van der Waals surface area contributed by atoms with E-state index in [1.54, 1.807) is 6.33 Å². The zero-order valence-electron chi connectivity index (χ0n) is 34.7. The average molecular weight is 801 g/mol. The number of pyridine rings is 1. The first-order chi connectivity index (χ1) is 29.4. The van der Waals surface area contributed by atoms with E-state index in [1.807, 2.05) is 37.4 Å². The van der Waals surface area contributed by atoms with Crippen molar-refractivity contribution in [3.8, 4) is 0 Å². The van der Waals surface area contributed by atoms with Crippen molar-refractivity contribution in [2.45, 2.75) is 95.4 Å². The minimum atomic E-state index is -1.17. The molecule has 0 radical (unpaired) electrons. The standard InChI is InChI=1S/C50H56N8O2/c1-33-43-27-52-31-57(43)41(48(33)38-9-5-3-6-10-38)25-45(59)37-15-13-35(14-16-37)23-36-17-20-54-46(24-36)50(60,40-18-21-56(22-19-40)47-29-51-30-55-47)26-42-49(39-11-7-4-8-12-39)34(2)44-28-53-32-58(42)44/h3-12,17,20,24,27-32,35,37,40-42,45,59-60H,13-16,18-19,21-23,25-26H2,1-2H3,(H,51,55). The Bertz CT molecular complexity index is 2470. The van der Waals surface area contributed by atoms with Gasteiger partial charge in [0.1, 0.15) is 11.4 Å². The van der Waals surface area contributed by atoms with Gasteiger partial charge in [0.15, 0.2) is 0 Å². The van der Waals surface area contributed by atoms with Crippen molar-refractivity contribution in [1.29, 1.82) is 0 Å². The number of allylic oxidation sites excluding steroid dienone is 4. The van der Waals surface area contributed by atoms with E-state index in [0.717, 1.165) is 80.9 Å². The predicted molar refractivity (Wildman–Crippen MR) is 236 cm³/mol. The molecule has 7 heterocycles. The van der Waals surface area contributed by atoms with Crippen LogP contribution in [0, 0.1) is 17.8 Å². The zero-order valence-corrected chi connectivity index (χ0v) is 34.7. The van der Waals surface area contributed by atoms with Gasteiger partial charge in [-0.2, -0.15) is 0 Å². The lowest BCUT2D eigenvalue weighted by Gasteiger charge is -2.43. The van der Waals surface area contributed by atoms with Crippen molar-refractivity contribution in [1.82, 2.24) is 34.1 Å². The van der Waals surface area contributed by atoms with Gasteiger partial charge in [-0.15, -0.1) is 0 Å². The van der Waals surface area contributed by atoms with Crippen molar-refractivity contribution in [2.75, 3.05) is 18.0 Å². The van der Waals surface area contributed by atoms with Crippen molar-refractivity contribution in [3.05, 3.63) is 150 Å². The van der Waals surface area contributed by atoms with Crippen LogP contribution in [-0.2, 0) is 12.0 Å². The van der Waals surface area contributed by atoms with Gasteiger partial charge in [-0.3, -0.25) is 4.98 Å². The number of nitrogens with one attached hydrogen (secondary N) is 1. The Morgan fingerprint density at radius 1 is 0.750 bits per heavy atom. The normalized spacial score (nSPS) is 23.5. The van der Waals surface area contributed by atoms with Gasteiger partial charge in [0, 0.05) is 25.7 Å². The smallest absolute Gasteiger partial charge is 0.125 e. The van der Waals surface area contributed by atoms with E-state index in [4.69, 9.17) is 4.98 Å². The molecule has 4 aliphatic rings. The highest BCUT2D eigenvalue weighted by Crippen LogP contribution is 2.51. The number of aliphatic hydroxyl groups excluding tert-OH is 1. The van der Waals surface area contributed by atoms with Crippen LogP contribution in [-0.4, -0.2) is 63.5 Å². The van der Waals surface area contributed by atoms with E-state index in [0.29, 0.717) is 18.8 Å². The summed E-state index contributed by atoms with van der Waals surface area (Å²) in [5, 5.41) is 25.2. The fourth-order valence-electron chi connectivity index (χ4n) is 11.4. The number of hydrogen-bond donors (Lipinski definition) is 3. The molecule has 4 unspecified atom stereocenters. The first kappa shape index (κ1) is 38.6. The molecular weight excluding hydrogens is 745 g/mol. The van der Waals surface area contributed by atoms with Gasteiger partial charge in [0.05, 0.1) is 72.8 Å². The maximum Gasteiger partial charge on any atom is 0.125 e. The minimum absolute atomic E-state index is 0.0144. The molecule has 0 bridgehead atoms. The summed E-state index contributed by atoms with van der Waals surface area (Å²) >= 11 is 0. The van der Waals surface area contributed by atoms with Crippen LogP contribution in [0.2, 0.25) is 0 Å². The lowest BCUT2D eigenvalue weighted by molar-refractivity contribution is -0.0512. The Balaban J connectivity index is 0.864. The van der Waals surface area contributed by atoms with E-state index in [9.17, 15) is 10.2 Å². The number of fused-ring (bicyclic) bond motifs is 2. The minimum Gasteiger partial charge on any atom is -0.393 e. The molecule has 4 aromatic heterocycles. The third kappa shape index (κ3) is 7.03. The fourth-order valence-corrected chi connectivity index (χ4v) is 11.4. The number of aromatic nitrogens is 7. The molecule has 3 N–H and O–H groups in total. The molecule has 1 saturated carbocycles. The van der Waals surface area contributed by atoms with Crippen LogP contribution in [0.15, 0.2) is 117 Å². The number of aliphatic hydroxyl groups is 2. The SMILES string of the molecule is CC1=C(c2ccccc2)C(CC(O)C2CCC(Cc3ccnc(C(O)(CC4C(c5ccccc5)=C(C)c5cncn54)C4CCN(c5cnc[nH]5)CC4)c3)CC2)n2cncc21. The number of imidazole rings is 3. The van der Waals surface area contributed by atoms with Crippen LogP contribution in [0.5, 0.6) is 0 Å². The Morgan fingerprint density at radius 3 is 1.98 bits per heavy atom. The summed E-state index contributed by atoms with van der Waals surface area (Å²) in [5.74, 6) is 1.83. The summed E-state index contributed by atoms with van der Waals surface area (Å²) in [7, 11) is 0. The second-order valence-electron chi connectivity index (χ2n) is 17.9. The van der Waals surface area contributed by atoms with Crippen LogP contribution < -0.4 is 4.90 Å². The lowest BCUT2D eigenvalue weighted by Crippen LogP contribution is -2.45. The van der Waals surface area contributed by atoms with E-state index in [-0.39, 0.29) is 30.0 Å². The molecule has 3 aliphatic heterocycles. The molecule has 0 amide bonds. The lowest BCUT2D eigenvalue weighted by atomic mass is 9.72. The Labute approximate surface area is 352 Å². The molecule has 6 aromatic rings. The van der Waals surface area contributed by atoms with Crippen LogP contribution in [0.1, 0.15) is 111 Å². The first-order valence-electron chi connectivity index (χ1n) is 22.0. The fraction of sp³-hybridized carbons (Fsp3) is 0.400. The summed E-state index contributed by atoms with van der Waals surface area (Å²) in [6.07, 6.45) is 20.9. The van der Waals surface area contributed by atoms with Crippen LogP contribution >= 0.6 is 0 Å². The Kier molecular flexibility index (Phi) is 10.4. The largest absolute Gasteiger partial charge is 0.393 e. The second kappa shape index (κ2) is 16.1. The quantitative estimate of drug-likeness (QED) is 0.113. The third-order valence-corrected chi connectivity index (χ3v) is 14.6. The van der Waals surface area contributed by atoms with Gasteiger partial charge in [0.2, 0.25) is 0 Å². The van der Waals surface area contributed by atoms with Gasteiger partial charge in [0.25, 0.3) is 0 Å². The van der Waals surface area contributed by atoms with Gasteiger partial charge >= 0.3 is 0 Å². The molecule has 308 valence electrons. The van der Waals surface area contributed by atoms with Gasteiger partial charge < -0.3 is 29.2 Å². The van der Waals surface area contributed by atoms with E-state index < -0.39 is 5.60 Å². The van der Waals surface area contributed by atoms with E-state index >= 15 is 0 Å². The molecule has 10 rings (SSSR count). The molecule has 1 aliphatic carbocycles. The number of nitrogens with zero attached hydrogens (tertiary/aromatic N) is 7. The highest BCUT2D eigenvalue weighted by Gasteiger charge is 2.46. The van der Waals surface area contributed by atoms with Crippen molar-refractivity contribution < 1.29 is 10.2 Å². The molecule has 4 atom stereocenters. The highest BCUT2D eigenvalue weighted by atomic mass is 16.3. The Hall–Kier alpha value is -5.58. The van der Waals surface area contributed by atoms with Crippen LogP contribution in [0.3, 0.4) is 0 Å². The molecule has 10 heteroatoms. The van der Waals surface area contributed by atoms with Crippen molar-refractivity contribution in [3.63, 3.8) is 0 Å². The second-order valence-corrected chi connectivity index (χ2v) is 17.9. The molecule has 10 nitrogen and oxygen atoms in total. The van der Waals surface area contributed by atoms with Gasteiger partial charge in [-0.1, -0.05) is 60.7 Å². The first-order valence-corrected chi connectivity index (χ1v) is 22.0. The molecule has 0 spiro atoms. The van der Waals surface area contributed by atoms with Crippen LogP contribution in [0.25, 0.3) is 22.3 Å². The Morgan fingerprint density at radius 2 is 1.37 bits per heavy atom. The number of rotatable bonds is 12. The molecule has 1 saturated heterocycles. The van der Waals surface area contributed by atoms with E-state index in [2.05, 4.69) is 121 Å². The highest BCUT2D eigenvalue weighted by molar-refractivity contribution is 5.94. The van der Waals surface area contributed by atoms with Gasteiger partial charge in [-0.05, 0) is 134 Å². The summed E-state index contributed by atoms with van der Waals surface area (Å²) < 4.78 is 4.53. The molecule has 2 aromatic carbocycles. The number of aromatic amines is 1. The summed E-state index contributed by atoms with van der Waals surface area (Å²) in [4.78, 5) is 23.9. The summed E-state index contributed by atoms with van der Waals surface area (Å²) in [6.45, 7) is 6.04. The third-order valence-electron chi connectivity index (χ3n) is 14.6. The van der Waals surface area contributed by atoms with Crippen molar-refractivity contribution >= 4 is 28.1 Å².